The van der Waals surface area contributed by atoms with Gasteiger partial charge in [0.2, 0.25) is 20.9 Å². The van der Waals surface area contributed by atoms with E-state index in [1.54, 1.807) is 0 Å². The van der Waals surface area contributed by atoms with Crippen molar-refractivity contribution in [3.8, 4) is 22.3 Å². The Morgan fingerprint density at radius 1 is 0.769 bits per heavy atom. The molecule has 3 rings (SSSR count). The number of H-pyrrole nitrogens is 2. The number of nitrogens with two attached hydrogens (primary N) is 1. The summed E-state index contributed by atoms with van der Waals surface area (Å²) in [5.74, 6) is 0. The van der Waals surface area contributed by atoms with Crippen LogP contribution >= 0.6 is 23.2 Å². The molecule has 0 bridgehead atoms. The maximum absolute atomic E-state index is 12.4. The number of aromatic amines is 2. The van der Waals surface area contributed by atoms with Gasteiger partial charge in [0.25, 0.3) is 0 Å². The third-order valence-corrected chi connectivity index (χ3v) is 5.17. The summed E-state index contributed by atoms with van der Waals surface area (Å²) in [6.45, 7) is 0. The van der Waals surface area contributed by atoms with Crippen LogP contribution < -0.4 is 16.0 Å². The number of hydrogen-bond donors (Lipinski definition) is 3. The van der Waals surface area contributed by atoms with E-state index in [2.05, 4.69) is 9.97 Å². The molecule has 0 atom stereocenters. The van der Waals surface area contributed by atoms with Crippen molar-refractivity contribution in [2.75, 3.05) is 0 Å². The van der Waals surface area contributed by atoms with Crippen LogP contribution in [-0.4, -0.2) is 18.4 Å². The first-order valence-corrected chi connectivity index (χ1v) is 9.41. The Balaban J connectivity index is 2.43. The molecule has 0 saturated heterocycles. The number of sulfonamides is 1. The van der Waals surface area contributed by atoms with E-state index in [4.69, 9.17) is 28.3 Å². The maximum Gasteiger partial charge on any atom is 0.238 e. The Hall–Kier alpha value is -2.39. The largest absolute Gasteiger partial charge is 0.366 e. The molecule has 10 heteroatoms. The van der Waals surface area contributed by atoms with Crippen molar-refractivity contribution >= 4 is 33.2 Å². The van der Waals surface area contributed by atoms with Gasteiger partial charge in [-0.3, -0.25) is 9.59 Å². The van der Waals surface area contributed by atoms with E-state index in [0.717, 1.165) is 0 Å². The summed E-state index contributed by atoms with van der Waals surface area (Å²) >= 11 is 11.7. The molecule has 3 aromatic rings. The van der Waals surface area contributed by atoms with Gasteiger partial charge in [-0.05, 0) is 23.3 Å². The topological polar surface area (TPSA) is 126 Å². The molecule has 0 unspecified atom stereocenters. The van der Waals surface area contributed by atoms with Gasteiger partial charge in [0, 0.05) is 35.9 Å². The zero-order valence-corrected chi connectivity index (χ0v) is 15.2. The Kier molecular flexibility index (Phi) is 4.76. The van der Waals surface area contributed by atoms with Gasteiger partial charge in [0.05, 0.1) is 4.90 Å². The van der Waals surface area contributed by atoms with Gasteiger partial charge in [-0.2, -0.15) is 0 Å². The average Bonchev–Trinajstić information content (AvgIpc) is 2.59. The summed E-state index contributed by atoms with van der Waals surface area (Å²) in [7, 11) is -4.03. The number of rotatable bonds is 3. The molecule has 0 aliphatic rings. The Bertz CT molecular complexity index is 1230. The van der Waals surface area contributed by atoms with Gasteiger partial charge in [-0.1, -0.05) is 29.3 Å². The van der Waals surface area contributed by atoms with E-state index in [9.17, 15) is 18.0 Å². The molecule has 26 heavy (non-hydrogen) atoms. The molecule has 134 valence electrons. The Morgan fingerprint density at radius 3 is 1.77 bits per heavy atom. The lowest BCUT2D eigenvalue weighted by Gasteiger charge is -2.11. The second-order valence-corrected chi connectivity index (χ2v) is 7.72. The smallest absolute Gasteiger partial charge is 0.238 e. The van der Waals surface area contributed by atoms with Crippen molar-refractivity contribution in [3.05, 3.63) is 73.5 Å². The summed E-state index contributed by atoms with van der Waals surface area (Å²) in [5.41, 5.74) is -0.294. The normalized spacial score (nSPS) is 11.5. The van der Waals surface area contributed by atoms with Crippen molar-refractivity contribution < 1.29 is 8.42 Å². The lowest BCUT2D eigenvalue weighted by Crippen LogP contribution is -2.14. The molecule has 0 aliphatic carbocycles. The summed E-state index contributed by atoms with van der Waals surface area (Å²) in [6.07, 6.45) is 5.38. The number of hydrogen-bond acceptors (Lipinski definition) is 4. The van der Waals surface area contributed by atoms with Gasteiger partial charge < -0.3 is 9.97 Å². The summed E-state index contributed by atoms with van der Waals surface area (Å²) in [5, 5.41) is 5.05. The zero-order valence-electron chi connectivity index (χ0n) is 12.9. The molecule has 0 amide bonds. The SMILES string of the molecule is NS(=O)(=O)c1ccc(-c2c[nH]cc(Cl)c2=O)c(-c2c[nH]cc(Cl)c2=O)c1. The molecular formula is C16H11Cl2N3O4S. The van der Waals surface area contributed by atoms with Gasteiger partial charge in [0.15, 0.2) is 0 Å². The Labute approximate surface area is 157 Å². The Morgan fingerprint density at radius 2 is 1.27 bits per heavy atom. The van der Waals surface area contributed by atoms with Crippen LogP contribution in [0, 0.1) is 0 Å². The van der Waals surface area contributed by atoms with Crippen LogP contribution in [0.3, 0.4) is 0 Å². The van der Waals surface area contributed by atoms with E-state index in [1.807, 2.05) is 0 Å². The highest BCUT2D eigenvalue weighted by Crippen LogP contribution is 2.31. The predicted octanol–water partition coefficient (Wildman–Crippen LogP) is 2.35. The molecule has 0 radical (unpaired) electrons. The maximum atomic E-state index is 12.4. The molecule has 0 spiro atoms. The molecule has 0 fully saturated rings. The van der Waals surface area contributed by atoms with Crippen molar-refractivity contribution in [1.82, 2.24) is 9.97 Å². The monoisotopic (exact) mass is 411 g/mol. The number of pyridine rings is 2. The minimum absolute atomic E-state index is 0.0519. The number of nitrogens with one attached hydrogen (secondary N) is 2. The summed E-state index contributed by atoms with van der Waals surface area (Å²) in [6, 6.07) is 3.84. The summed E-state index contributed by atoms with van der Waals surface area (Å²) in [4.78, 5) is 30.0. The van der Waals surface area contributed by atoms with Crippen LogP contribution in [-0.2, 0) is 10.0 Å². The molecular weight excluding hydrogens is 401 g/mol. The zero-order chi connectivity index (χ0) is 19.1. The van der Waals surface area contributed by atoms with Crippen molar-refractivity contribution in [2.24, 2.45) is 5.14 Å². The fourth-order valence-corrected chi connectivity index (χ4v) is 3.34. The van der Waals surface area contributed by atoms with Crippen LogP contribution in [0.5, 0.6) is 0 Å². The minimum atomic E-state index is -4.03. The molecule has 2 heterocycles. The van der Waals surface area contributed by atoms with Gasteiger partial charge in [-0.25, -0.2) is 13.6 Å². The predicted molar refractivity (Wildman–Crippen MR) is 99.9 cm³/mol. The third kappa shape index (κ3) is 3.32. The quantitative estimate of drug-likeness (QED) is 0.611. The van der Waals surface area contributed by atoms with Gasteiger partial charge in [-0.15, -0.1) is 0 Å². The van der Waals surface area contributed by atoms with Crippen molar-refractivity contribution in [3.63, 3.8) is 0 Å². The fraction of sp³-hybridized carbons (Fsp3) is 0. The van der Waals surface area contributed by atoms with Gasteiger partial charge >= 0.3 is 0 Å². The van der Waals surface area contributed by atoms with E-state index in [-0.39, 0.29) is 31.6 Å². The fourth-order valence-electron chi connectivity index (χ4n) is 2.47. The van der Waals surface area contributed by atoms with Crippen LogP contribution in [0.2, 0.25) is 10.0 Å². The molecule has 0 aliphatic heterocycles. The summed E-state index contributed by atoms with van der Waals surface area (Å²) < 4.78 is 23.4. The van der Waals surface area contributed by atoms with E-state index in [1.165, 1.54) is 43.0 Å². The van der Waals surface area contributed by atoms with Crippen LogP contribution in [0.4, 0.5) is 0 Å². The molecule has 4 N–H and O–H groups in total. The highest BCUT2D eigenvalue weighted by Gasteiger charge is 2.19. The van der Waals surface area contributed by atoms with E-state index < -0.39 is 20.9 Å². The number of benzene rings is 1. The highest BCUT2D eigenvalue weighted by atomic mass is 35.5. The number of primary sulfonamides is 1. The van der Waals surface area contributed by atoms with E-state index in [0.29, 0.717) is 5.56 Å². The van der Waals surface area contributed by atoms with Gasteiger partial charge in [0.1, 0.15) is 10.0 Å². The molecule has 7 nitrogen and oxygen atoms in total. The van der Waals surface area contributed by atoms with E-state index >= 15 is 0 Å². The third-order valence-electron chi connectivity index (χ3n) is 3.70. The van der Waals surface area contributed by atoms with Crippen molar-refractivity contribution in [2.45, 2.75) is 4.90 Å². The average molecular weight is 412 g/mol. The van der Waals surface area contributed by atoms with Crippen LogP contribution in [0.25, 0.3) is 22.3 Å². The highest BCUT2D eigenvalue weighted by molar-refractivity contribution is 7.89. The standard InChI is InChI=1S/C16H11Cl2N3O4S/c17-13-6-20-4-11(15(13)22)9-2-1-8(26(19,24)25)3-10(9)12-5-21-7-14(18)16(12)23/h1-7H,(H,20,22)(H,21,23)(H2,19,24,25). The first kappa shape index (κ1) is 18.4. The number of aromatic nitrogens is 2. The van der Waals surface area contributed by atoms with Crippen LogP contribution in [0.15, 0.2) is 57.5 Å². The first-order chi connectivity index (χ1) is 12.2. The molecule has 0 saturated carbocycles. The van der Waals surface area contributed by atoms with Crippen molar-refractivity contribution in [1.29, 1.82) is 0 Å². The minimum Gasteiger partial charge on any atom is -0.366 e. The second-order valence-electron chi connectivity index (χ2n) is 5.34. The lowest BCUT2D eigenvalue weighted by molar-refractivity contribution is 0.598. The lowest BCUT2D eigenvalue weighted by atomic mass is 9.96. The van der Waals surface area contributed by atoms with Crippen LogP contribution in [0.1, 0.15) is 0 Å². The molecule has 2 aromatic heterocycles. The first-order valence-electron chi connectivity index (χ1n) is 7.11. The second kappa shape index (κ2) is 6.73. The number of halogens is 2. The molecule has 1 aromatic carbocycles.